The summed E-state index contributed by atoms with van der Waals surface area (Å²) in [6.07, 6.45) is 4.85. The lowest BCUT2D eigenvalue weighted by Gasteiger charge is -2.03. The summed E-state index contributed by atoms with van der Waals surface area (Å²) in [4.78, 5) is 4.30. The van der Waals surface area contributed by atoms with Crippen molar-refractivity contribution in [3.8, 4) is 0 Å². The summed E-state index contributed by atoms with van der Waals surface area (Å²) in [5.41, 5.74) is 1.81. The Labute approximate surface area is 99.2 Å². The van der Waals surface area contributed by atoms with E-state index in [1.165, 1.54) is 0 Å². The molecule has 1 aromatic carbocycles. The molecular formula is C13H12ClNO. The Morgan fingerprint density at radius 3 is 2.94 bits per heavy atom. The van der Waals surface area contributed by atoms with E-state index in [2.05, 4.69) is 4.98 Å². The number of hydrogen-bond acceptors (Lipinski definition) is 2. The number of aliphatic hydroxyl groups excluding tert-OH is 1. The first-order chi connectivity index (χ1) is 7.68. The van der Waals surface area contributed by atoms with Crippen LogP contribution in [-0.2, 0) is 0 Å². The zero-order chi connectivity index (χ0) is 11.5. The van der Waals surface area contributed by atoms with Crippen molar-refractivity contribution < 1.29 is 5.11 Å². The van der Waals surface area contributed by atoms with Crippen LogP contribution in [0.2, 0.25) is 5.02 Å². The predicted molar refractivity (Wildman–Crippen MR) is 67.5 cm³/mol. The molecule has 0 bridgehead atoms. The van der Waals surface area contributed by atoms with E-state index in [4.69, 9.17) is 11.6 Å². The molecule has 0 saturated carbocycles. The number of hydrogen-bond donors (Lipinski definition) is 1. The molecule has 0 fully saturated rings. The molecule has 1 aromatic heterocycles. The van der Waals surface area contributed by atoms with Gasteiger partial charge in [0.05, 0.1) is 16.6 Å². The summed E-state index contributed by atoms with van der Waals surface area (Å²) < 4.78 is 0. The van der Waals surface area contributed by atoms with Crippen LogP contribution < -0.4 is 0 Å². The minimum atomic E-state index is -0.463. The van der Waals surface area contributed by atoms with Crippen LogP contribution in [0.15, 0.2) is 36.5 Å². The Kier molecular flexibility index (Phi) is 3.22. The van der Waals surface area contributed by atoms with Gasteiger partial charge in [-0.25, -0.2) is 0 Å². The highest BCUT2D eigenvalue weighted by Gasteiger charge is 2.03. The maximum atomic E-state index is 9.21. The first-order valence-electron chi connectivity index (χ1n) is 5.08. The van der Waals surface area contributed by atoms with E-state index >= 15 is 0 Å². The lowest BCUT2D eigenvalue weighted by molar-refractivity contribution is 0.245. The minimum absolute atomic E-state index is 0.463. The van der Waals surface area contributed by atoms with Gasteiger partial charge in [0.1, 0.15) is 0 Å². The van der Waals surface area contributed by atoms with Crippen molar-refractivity contribution in [2.75, 3.05) is 0 Å². The van der Waals surface area contributed by atoms with Gasteiger partial charge in [0.25, 0.3) is 0 Å². The van der Waals surface area contributed by atoms with Gasteiger partial charge in [-0.3, -0.25) is 4.98 Å². The van der Waals surface area contributed by atoms with Gasteiger partial charge >= 0.3 is 0 Å². The van der Waals surface area contributed by atoms with Crippen molar-refractivity contribution in [3.63, 3.8) is 0 Å². The molecule has 3 heteroatoms. The van der Waals surface area contributed by atoms with Gasteiger partial charge in [0, 0.05) is 17.1 Å². The maximum Gasteiger partial charge on any atom is 0.0789 e. The number of aliphatic hydroxyl groups is 1. The van der Waals surface area contributed by atoms with Crippen molar-refractivity contribution in [1.82, 2.24) is 4.98 Å². The average molecular weight is 234 g/mol. The Hall–Kier alpha value is -1.38. The monoisotopic (exact) mass is 233 g/mol. The molecule has 0 saturated heterocycles. The van der Waals surface area contributed by atoms with Gasteiger partial charge < -0.3 is 5.11 Å². The van der Waals surface area contributed by atoms with E-state index in [0.29, 0.717) is 5.02 Å². The van der Waals surface area contributed by atoms with E-state index in [0.717, 1.165) is 16.5 Å². The van der Waals surface area contributed by atoms with Crippen LogP contribution in [0, 0.1) is 0 Å². The van der Waals surface area contributed by atoms with Gasteiger partial charge in [-0.05, 0) is 25.1 Å². The molecule has 0 radical (unpaired) electrons. The minimum Gasteiger partial charge on any atom is -0.389 e. The molecule has 2 aromatic rings. The fourth-order valence-corrected chi connectivity index (χ4v) is 1.75. The second kappa shape index (κ2) is 4.64. The quantitative estimate of drug-likeness (QED) is 0.864. The summed E-state index contributed by atoms with van der Waals surface area (Å²) in [5, 5.41) is 10.8. The van der Waals surface area contributed by atoms with Gasteiger partial charge in [-0.15, -0.1) is 0 Å². The Bertz CT molecular complexity index is 534. The molecule has 2 rings (SSSR count). The van der Waals surface area contributed by atoms with Gasteiger partial charge in [0.15, 0.2) is 0 Å². The Morgan fingerprint density at radius 2 is 2.19 bits per heavy atom. The standard InChI is InChI=1S/C13H12ClNO/c1-9(16)4-5-10-6-7-12(14)11-3-2-8-15-13(10)11/h2-9,16H,1H3/b5-4+. The van der Waals surface area contributed by atoms with E-state index < -0.39 is 6.10 Å². The predicted octanol–water partition coefficient (Wildman–Crippen LogP) is 3.28. The number of aromatic nitrogens is 1. The van der Waals surface area contributed by atoms with E-state index in [1.807, 2.05) is 30.3 Å². The summed E-state index contributed by atoms with van der Waals surface area (Å²) in [6.45, 7) is 1.71. The lowest BCUT2D eigenvalue weighted by atomic mass is 10.1. The molecule has 0 aliphatic rings. The van der Waals surface area contributed by atoms with Crippen LogP contribution in [0.5, 0.6) is 0 Å². The first kappa shape index (κ1) is 11.1. The number of halogens is 1. The van der Waals surface area contributed by atoms with E-state index in [1.54, 1.807) is 19.2 Å². The van der Waals surface area contributed by atoms with Crippen molar-refractivity contribution in [3.05, 3.63) is 47.1 Å². The fraction of sp³-hybridized carbons (Fsp3) is 0.154. The van der Waals surface area contributed by atoms with Crippen molar-refractivity contribution in [2.45, 2.75) is 13.0 Å². The number of rotatable bonds is 2. The molecular weight excluding hydrogens is 222 g/mol. The van der Waals surface area contributed by atoms with Gasteiger partial charge in [0.2, 0.25) is 0 Å². The Balaban J connectivity index is 2.59. The summed E-state index contributed by atoms with van der Waals surface area (Å²) in [5.74, 6) is 0. The number of nitrogens with zero attached hydrogens (tertiary/aromatic N) is 1. The number of benzene rings is 1. The third-order valence-electron chi connectivity index (χ3n) is 2.30. The van der Waals surface area contributed by atoms with Crippen molar-refractivity contribution in [1.29, 1.82) is 0 Å². The molecule has 16 heavy (non-hydrogen) atoms. The van der Waals surface area contributed by atoms with Crippen LogP contribution in [0.3, 0.4) is 0 Å². The average Bonchev–Trinajstić information content (AvgIpc) is 2.28. The zero-order valence-electron chi connectivity index (χ0n) is 8.89. The molecule has 0 amide bonds. The molecule has 1 N–H and O–H groups in total. The second-order valence-electron chi connectivity index (χ2n) is 3.64. The smallest absolute Gasteiger partial charge is 0.0789 e. The van der Waals surface area contributed by atoms with Crippen LogP contribution in [0.25, 0.3) is 17.0 Å². The molecule has 0 spiro atoms. The third kappa shape index (κ3) is 2.23. The molecule has 0 aliphatic carbocycles. The van der Waals surface area contributed by atoms with Crippen molar-refractivity contribution in [2.24, 2.45) is 0 Å². The molecule has 2 nitrogen and oxygen atoms in total. The van der Waals surface area contributed by atoms with Crippen LogP contribution in [-0.4, -0.2) is 16.2 Å². The van der Waals surface area contributed by atoms with E-state index in [-0.39, 0.29) is 0 Å². The largest absolute Gasteiger partial charge is 0.389 e. The Morgan fingerprint density at radius 1 is 1.38 bits per heavy atom. The summed E-state index contributed by atoms with van der Waals surface area (Å²) >= 11 is 6.08. The highest BCUT2D eigenvalue weighted by molar-refractivity contribution is 6.35. The van der Waals surface area contributed by atoms with Crippen molar-refractivity contribution >= 4 is 28.6 Å². The topological polar surface area (TPSA) is 33.1 Å². The number of pyridine rings is 1. The van der Waals surface area contributed by atoms with Gasteiger partial charge in [-0.1, -0.05) is 29.8 Å². The maximum absolute atomic E-state index is 9.21. The fourth-order valence-electron chi connectivity index (χ4n) is 1.54. The van der Waals surface area contributed by atoms with Crippen LogP contribution >= 0.6 is 11.6 Å². The highest BCUT2D eigenvalue weighted by Crippen LogP contribution is 2.25. The van der Waals surface area contributed by atoms with E-state index in [9.17, 15) is 5.11 Å². The van der Waals surface area contributed by atoms with Gasteiger partial charge in [-0.2, -0.15) is 0 Å². The van der Waals surface area contributed by atoms with Crippen LogP contribution in [0.1, 0.15) is 12.5 Å². The SMILES string of the molecule is CC(O)/C=C/c1ccc(Cl)c2cccnc12. The molecule has 1 heterocycles. The molecule has 1 atom stereocenters. The second-order valence-corrected chi connectivity index (χ2v) is 4.04. The zero-order valence-corrected chi connectivity index (χ0v) is 9.65. The summed E-state index contributed by atoms with van der Waals surface area (Å²) in [6, 6.07) is 7.53. The first-order valence-corrected chi connectivity index (χ1v) is 5.46. The highest BCUT2D eigenvalue weighted by atomic mass is 35.5. The molecule has 0 aliphatic heterocycles. The third-order valence-corrected chi connectivity index (χ3v) is 2.63. The number of fused-ring (bicyclic) bond motifs is 1. The molecule has 1 unspecified atom stereocenters. The van der Waals surface area contributed by atoms with Crippen LogP contribution in [0.4, 0.5) is 0 Å². The lowest BCUT2D eigenvalue weighted by Crippen LogP contribution is -1.92. The molecule has 82 valence electrons. The normalized spacial score (nSPS) is 13.4. The summed E-state index contributed by atoms with van der Waals surface area (Å²) in [7, 11) is 0.